The SMILES string of the molecule is C[C@H](N)C(=O)Nc1ccc(Cl)c(-n2nnnc2C2CC2)c1. The van der Waals surface area contributed by atoms with Gasteiger partial charge in [-0.3, -0.25) is 4.79 Å². The smallest absolute Gasteiger partial charge is 0.240 e. The third-order valence-corrected chi connectivity index (χ3v) is 3.61. The highest BCUT2D eigenvalue weighted by atomic mass is 35.5. The Kier molecular flexibility index (Phi) is 3.60. The zero-order valence-corrected chi connectivity index (χ0v) is 12.2. The highest BCUT2D eigenvalue weighted by molar-refractivity contribution is 6.32. The van der Waals surface area contributed by atoms with Crippen molar-refractivity contribution in [3.05, 3.63) is 29.0 Å². The van der Waals surface area contributed by atoms with Gasteiger partial charge in [-0.15, -0.1) is 5.10 Å². The van der Waals surface area contributed by atoms with Crippen LogP contribution in [0.4, 0.5) is 5.69 Å². The number of hydrogen-bond donors (Lipinski definition) is 2. The van der Waals surface area contributed by atoms with E-state index in [0.717, 1.165) is 18.7 Å². The zero-order chi connectivity index (χ0) is 15.0. The average molecular weight is 307 g/mol. The standard InChI is InChI=1S/C13H15ClN6O/c1-7(15)13(21)16-9-4-5-10(14)11(6-9)20-12(8-2-3-8)17-18-19-20/h4-8H,2-3,15H2,1H3,(H,16,21)/t7-/m0/s1. The summed E-state index contributed by atoms with van der Waals surface area (Å²) >= 11 is 6.23. The van der Waals surface area contributed by atoms with Gasteiger partial charge in [-0.2, -0.15) is 4.68 Å². The number of aromatic nitrogens is 4. The first-order valence-corrected chi connectivity index (χ1v) is 7.08. The highest BCUT2D eigenvalue weighted by Gasteiger charge is 2.30. The van der Waals surface area contributed by atoms with Crippen molar-refractivity contribution in [2.45, 2.75) is 31.7 Å². The van der Waals surface area contributed by atoms with Crippen LogP contribution in [0, 0.1) is 0 Å². The lowest BCUT2D eigenvalue weighted by Gasteiger charge is -2.11. The van der Waals surface area contributed by atoms with Crippen LogP contribution in [0.15, 0.2) is 18.2 Å². The van der Waals surface area contributed by atoms with Crippen molar-refractivity contribution in [1.29, 1.82) is 0 Å². The predicted molar refractivity (Wildman–Crippen MR) is 78.4 cm³/mol. The van der Waals surface area contributed by atoms with Gasteiger partial charge in [0.25, 0.3) is 0 Å². The van der Waals surface area contributed by atoms with Crippen molar-refractivity contribution in [2.24, 2.45) is 5.73 Å². The quantitative estimate of drug-likeness (QED) is 0.891. The lowest BCUT2D eigenvalue weighted by molar-refractivity contribution is -0.117. The molecule has 110 valence electrons. The monoisotopic (exact) mass is 306 g/mol. The number of anilines is 1. The number of tetrazole rings is 1. The summed E-state index contributed by atoms with van der Waals surface area (Å²) in [4.78, 5) is 11.7. The zero-order valence-electron chi connectivity index (χ0n) is 11.5. The van der Waals surface area contributed by atoms with E-state index < -0.39 is 6.04 Å². The summed E-state index contributed by atoms with van der Waals surface area (Å²) in [6.07, 6.45) is 2.16. The number of hydrogen-bond acceptors (Lipinski definition) is 5. The summed E-state index contributed by atoms with van der Waals surface area (Å²) in [6.45, 7) is 1.62. The second-order valence-corrected chi connectivity index (χ2v) is 5.57. The molecular weight excluding hydrogens is 292 g/mol. The van der Waals surface area contributed by atoms with Gasteiger partial charge in [-0.1, -0.05) is 11.6 Å². The first-order chi connectivity index (χ1) is 10.1. The summed E-state index contributed by atoms with van der Waals surface area (Å²) in [7, 11) is 0. The van der Waals surface area contributed by atoms with Crippen molar-refractivity contribution < 1.29 is 4.79 Å². The molecule has 0 bridgehead atoms. The number of halogens is 1. The molecular formula is C13H15ClN6O. The maximum atomic E-state index is 11.7. The molecule has 1 saturated carbocycles. The molecule has 2 aromatic rings. The van der Waals surface area contributed by atoms with E-state index in [-0.39, 0.29) is 5.91 Å². The van der Waals surface area contributed by atoms with E-state index in [1.807, 2.05) is 0 Å². The second kappa shape index (κ2) is 5.42. The maximum Gasteiger partial charge on any atom is 0.240 e. The van der Waals surface area contributed by atoms with Crippen LogP contribution in [-0.4, -0.2) is 32.2 Å². The fraction of sp³-hybridized carbons (Fsp3) is 0.385. The third kappa shape index (κ3) is 2.88. The molecule has 1 atom stereocenters. The van der Waals surface area contributed by atoms with Gasteiger partial charge in [-0.25, -0.2) is 0 Å². The largest absolute Gasteiger partial charge is 0.325 e. The molecule has 0 unspecified atom stereocenters. The predicted octanol–water partition coefficient (Wildman–Crippen LogP) is 1.48. The molecule has 3 rings (SSSR count). The Hall–Kier alpha value is -1.99. The third-order valence-electron chi connectivity index (χ3n) is 3.29. The lowest BCUT2D eigenvalue weighted by atomic mass is 10.2. The summed E-state index contributed by atoms with van der Waals surface area (Å²) in [5.74, 6) is 0.924. The molecule has 1 fully saturated rings. The van der Waals surface area contributed by atoms with Gasteiger partial charge in [0.1, 0.15) is 0 Å². The molecule has 0 saturated heterocycles. The number of nitrogens with two attached hydrogens (primary N) is 1. The molecule has 3 N–H and O–H groups in total. The van der Waals surface area contributed by atoms with Gasteiger partial charge in [0, 0.05) is 11.6 Å². The molecule has 1 heterocycles. The molecule has 1 aromatic carbocycles. The molecule has 8 heteroatoms. The van der Waals surface area contributed by atoms with Crippen LogP contribution in [0.1, 0.15) is 31.5 Å². The Balaban J connectivity index is 1.94. The molecule has 1 amide bonds. The van der Waals surface area contributed by atoms with E-state index in [1.54, 1.807) is 29.8 Å². The molecule has 21 heavy (non-hydrogen) atoms. The van der Waals surface area contributed by atoms with Crippen LogP contribution >= 0.6 is 11.6 Å². The van der Waals surface area contributed by atoms with Crippen LogP contribution in [0.2, 0.25) is 5.02 Å². The molecule has 1 aromatic heterocycles. The Bertz CT molecular complexity index is 679. The summed E-state index contributed by atoms with van der Waals surface area (Å²) < 4.78 is 1.63. The number of nitrogens with zero attached hydrogens (tertiary/aromatic N) is 4. The minimum atomic E-state index is -0.584. The van der Waals surface area contributed by atoms with E-state index >= 15 is 0 Å². The van der Waals surface area contributed by atoms with Crippen molar-refractivity contribution in [3.63, 3.8) is 0 Å². The summed E-state index contributed by atoms with van der Waals surface area (Å²) in [6, 6.07) is 4.57. The highest BCUT2D eigenvalue weighted by Crippen LogP contribution is 2.39. The second-order valence-electron chi connectivity index (χ2n) is 5.17. The topological polar surface area (TPSA) is 98.7 Å². The molecule has 7 nitrogen and oxygen atoms in total. The molecule has 1 aliphatic rings. The fourth-order valence-corrected chi connectivity index (χ4v) is 2.17. The van der Waals surface area contributed by atoms with Crippen molar-refractivity contribution in [3.8, 4) is 5.69 Å². The number of benzene rings is 1. The molecule has 0 radical (unpaired) electrons. The van der Waals surface area contributed by atoms with Crippen LogP contribution in [-0.2, 0) is 4.79 Å². The van der Waals surface area contributed by atoms with Gasteiger partial charge >= 0.3 is 0 Å². The van der Waals surface area contributed by atoms with Crippen LogP contribution in [0.5, 0.6) is 0 Å². The van der Waals surface area contributed by atoms with E-state index in [9.17, 15) is 4.79 Å². The van der Waals surface area contributed by atoms with E-state index in [0.29, 0.717) is 22.3 Å². The first kappa shape index (κ1) is 14.0. The Morgan fingerprint density at radius 3 is 2.95 bits per heavy atom. The van der Waals surface area contributed by atoms with Crippen LogP contribution in [0.3, 0.4) is 0 Å². The maximum absolute atomic E-state index is 11.7. The van der Waals surface area contributed by atoms with Crippen LogP contribution in [0.25, 0.3) is 5.69 Å². The van der Waals surface area contributed by atoms with Gasteiger partial charge in [0.05, 0.1) is 16.8 Å². The summed E-state index contributed by atoms with van der Waals surface area (Å²) in [5.41, 5.74) is 6.79. The van der Waals surface area contributed by atoms with Gasteiger partial charge in [0.2, 0.25) is 5.91 Å². The Morgan fingerprint density at radius 1 is 1.52 bits per heavy atom. The van der Waals surface area contributed by atoms with Crippen molar-refractivity contribution >= 4 is 23.2 Å². The number of carbonyl (C=O) groups excluding carboxylic acids is 1. The van der Waals surface area contributed by atoms with Crippen molar-refractivity contribution in [1.82, 2.24) is 20.2 Å². The lowest BCUT2D eigenvalue weighted by Crippen LogP contribution is -2.32. The number of nitrogens with one attached hydrogen (secondary N) is 1. The van der Waals surface area contributed by atoms with E-state index in [2.05, 4.69) is 20.8 Å². The summed E-state index contributed by atoms with van der Waals surface area (Å²) in [5, 5.41) is 15.0. The number of rotatable bonds is 4. The van der Waals surface area contributed by atoms with Gasteiger partial charge in [0.15, 0.2) is 5.82 Å². The minimum absolute atomic E-state index is 0.262. The minimum Gasteiger partial charge on any atom is -0.325 e. The van der Waals surface area contributed by atoms with Gasteiger partial charge in [-0.05, 0) is 48.4 Å². The average Bonchev–Trinajstić information content (AvgIpc) is 3.18. The van der Waals surface area contributed by atoms with Crippen molar-refractivity contribution in [2.75, 3.05) is 5.32 Å². The molecule has 1 aliphatic carbocycles. The number of amides is 1. The fourth-order valence-electron chi connectivity index (χ4n) is 1.97. The van der Waals surface area contributed by atoms with Gasteiger partial charge < -0.3 is 11.1 Å². The normalized spacial score (nSPS) is 15.8. The number of carbonyl (C=O) groups is 1. The molecule has 0 spiro atoms. The Labute approximate surface area is 126 Å². The van der Waals surface area contributed by atoms with E-state index in [1.165, 1.54) is 0 Å². The van der Waals surface area contributed by atoms with E-state index in [4.69, 9.17) is 17.3 Å². The molecule has 0 aliphatic heterocycles. The van der Waals surface area contributed by atoms with Crippen LogP contribution < -0.4 is 11.1 Å². The Morgan fingerprint density at radius 2 is 2.29 bits per heavy atom. The first-order valence-electron chi connectivity index (χ1n) is 6.71.